The van der Waals surface area contributed by atoms with Crippen LogP contribution in [0.25, 0.3) is 10.8 Å². The Balaban J connectivity index is 1.68. The SMILES string of the molecule is C[C@H]1CN(C(=O)c2cnc(-c3ncccn3)s2)c2cccc(F)c2O1. The third kappa shape index (κ3) is 2.85. The fourth-order valence-electron chi connectivity index (χ4n) is 2.63. The summed E-state index contributed by atoms with van der Waals surface area (Å²) in [4.78, 5) is 27.4. The van der Waals surface area contributed by atoms with Gasteiger partial charge in [-0.15, -0.1) is 11.3 Å². The Hall–Kier alpha value is -2.87. The van der Waals surface area contributed by atoms with Crippen LogP contribution in [-0.2, 0) is 0 Å². The number of para-hydroxylation sites is 1. The van der Waals surface area contributed by atoms with Crippen molar-refractivity contribution in [3.05, 3.63) is 53.6 Å². The molecule has 3 heterocycles. The standard InChI is InChI=1S/C17H13FN4O2S/c1-10-9-22(12-5-2-4-11(18)14(12)24-10)17(23)13-8-21-16(25-13)15-19-6-3-7-20-15/h2-8,10H,9H2,1H3/t10-/m0/s1. The molecule has 126 valence electrons. The monoisotopic (exact) mass is 356 g/mol. The smallest absolute Gasteiger partial charge is 0.270 e. The first-order chi connectivity index (χ1) is 12.1. The van der Waals surface area contributed by atoms with Gasteiger partial charge >= 0.3 is 0 Å². The minimum Gasteiger partial charge on any atom is -0.484 e. The van der Waals surface area contributed by atoms with Crippen molar-refractivity contribution in [1.82, 2.24) is 15.0 Å². The van der Waals surface area contributed by atoms with E-state index in [0.717, 1.165) is 0 Å². The number of anilines is 1. The van der Waals surface area contributed by atoms with Gasteiger partial charge in [-0.1, -0.05) is 6.07 Å². The van der Waals surface area contributed by atoms with Gasteiger partial charge in [-0.2, -0.15) is 0 Å². The topological polar surface area (TPSA) is 68.2 Å². The van der Waals surface area contributed by atoms with Crippen molar-refractivity contribution >= 4 is 22.9 Å². The van der Waals surface area contributed by atoms with Crippen LogP contribution in [0.5, 0.6) is 5.75 Å². The van der Waals surface area contributed by atoms with Crippen molar-refractivity contribution in [2.24, 2.45) is 0 Å². The van der Waals surface area contributed by atoms with Gasteiger partial charge in [0, 0.05) is 12.4 Å². The number of hydrogen-bond acceptors (Lipinski definition) is 6. The van der Waals surface area contributed by atoms with Gasteiger partial charge in [0.2, 0.25) is 0 Å². The summed E-state index contributed by atoms with van der Waals surface area (Å²) >= 11 is 1.21. The highest BCUT2D eigenvalue weighted by atomic mass is 32.1. The van der Waals surface area contributed by atoms with Crippen LogP contribution >= 0.6 is 11.3 Å². The summed E-state index contributed by atoms with van der Waals surface area (Å²) < 4.78 is 19.6. The van der Waals surface area contributed by atoms with Gasteiger partial charge < -0.3 is 9.64 Å². The number of halogens is 1. The van der Waals surface area contributed by atoms with Crippen molar-refractivity contribution < 1.29 is 13.9 Å². The van der Waals surface area contributed by atoms with Gasteiger partial charge in [0.25, 0.3) is 5.91 Å². The van der Waals surface area contributed by atoms with E-state index in [1.165, 1.54) is 28.5 Å². The van der Waals surface area contributed by atoms with Crippen LogP contribution in [-0.4, -0.2) is 33.5 Å². The molecule has 6 nitrogen and oxygen atoms in total. The first-order valence-corrected chi connectivity index (χ1v) is 8.45. The predicted molar refractivity (Wildman–Crippen MR) is 91.3 cm³/mol. The van der Waals surface area contributed by atoms with Crippen LogP contribution in [0.15, 0.2) is 42.9 Å². The number of carbonyl (C=O) groups excluding carboxylic acids is 1. The molecule has 1 aliphatic heterocycles. The van der Waals surface area contributed by atoms with Crippen molar-refractivity contribution in [2.75, 3.05) is 11.4 Å². The summed E-state index contributed by atoms with van der Waals surface area (Å²) in [7, 11) is 0. The van der Waals surface area contributed by atoms with Crippen molar-refractivity contribution in [2.45, 2.75) is 13.0 Å². The Morgan fingerprint density at radius 1 is 1.28 bits per heavy atom. The number of rotatable bonds is 2. The Bertz CT molecular complexity index is 931. The average molecular weight is 356 g/mol. The van der Waals surface area contributed by atoms with Gasteiger partial charge in [0.1, 0.15) is 11.0 Å². The minimum atomic E-state index is -0.482. The summed E-state index contributed by atoms with van der Waals surface area (Å²) in [5, 5.41) is 0.560. The zero-order valence-corrected chi connectivity index (χ0v) is 14.0. The van der Waals surface area contributed by atoms with E-state index in [4.69, 9.17) is 4.74 Å². The molecular weight excluding hydrogens is 343 g/mol. The second-order valence-corrected chi connectivity index (χ2v) is 6.57. The molecule has 1 aromatic carbocycles. The molecule has 25 heavy (non-hydrogen) atoms. The van der Waals surface area contributed by atoms with E-state index in [0.29, 0.717) is 27.9 Å². The van der Waals surface area contributed by atoms with Crippen LogP contribution in [0.4, 0.5) is 10.1 Å². The van der Waals surface area contributed by atoms with Crippen LogP contribution < -0.4 is 9.64 Å². The molecule has 1 aliphatic rings. The number of fused-ring (bicyclic) bond motifs is 1. The molecule has 0 N–H and O–H groups in total. The van der Waals surface area contributed by atoms with Crippen molar-refractivity contribution in [1.29, 1.82) is 0 Å². The average Bonchev–Trinajstić information content (AvgIpc) is 3.12. The molecule has 2 aromatic heterocycles. The molecule has 0 saturated heterocycles. The first-order valence-electron chi connectivity index (χ1n) is 7.63. The molecule has 0 saturated carbocycles. The zero-order valence-electron chi connectivity index (χ0n) is 13.2. The number of ether oxygens (including phenoxy) is 1. The zero-order chi connectivity index (χ0) is 17.4. The van der Waals surface area contributed by atoms with E-state index >= 15 is 0 Å². The quantitative estimate of drug-likeness (QED) is 0.705. The molecule has 0 bridgehead atoms. The van der Waals surface area contributed by atoms with Gasteiger partial charge in [-0.25, -0.2) is 19.3 Å². The first kappa shape index (κ1) is 15.6. The molecule has 4 rings (SSSR count). The lowest BCUT2D eigenvalue weighted by atomic mass is 10.2. The summed E-state index contributed by atoms with van der Waals surface area (Å²) in [5.74, 6) is -0.162. The lowest BCUT2D eigenvalue weighted by Gasteiger charge is -2.33. The van der Waals surface area contributed by atoms with E-state index in [-0.39, 0.29) is 17.8 Å². The van der Waals surface area contributed by atoms with Crippen molar-refractivity contribution in [3.8, 4) is 16.6 Å². The Morgan fingerprint density at radius 3 is 2.88 bits per heavy atom. The third-order valence-electron chi connectivity index (χ3n) is 3.71. The molecular formula is C17H13FN4O2S. The van der Waals surface area contributed by atoms with Crippen LogP contribution in [0.2, 0.25) is 0 Å². The molecule has 0 unspecified atom stereocenters. The van der Waals surface area contributed by atoms with E-state index < -0.39 is 5.82 Å². The predicted octanol–water partition coefficient (Wildman–Crippen LogP) is 3.17. The van der Waals surface area contributed by atoms with Crippen LogP contribution in [0.1, 0.15) is 16.6 Å². The lowest BCUT2D eigenvalue weighted by Crippen LogP contribution is -2.42. The summed E-state index contributed by atoms with van der Waals surface area (Å²) in [5.41, 5.74) is 0.425. The number of benzene rings is 1. The highest BCUT2D eigenvalue weighted by Gasteiger charge is 2.31. The minimum absolute atomic E-state index is 0.103. The number of aromatic nitrogens is 3. The van der Waals surface area contributed by atoms with E-state index in [1.54, 1.807) is 37.5 Å². The second kappa shape index (κ2) is 6.21. The summed E-state index contributed by atoms with van der Waals surface area (Å²) in [6.07, 6.45) is 4.43. The normalized spacial score (nSPS) is 16.2. The van der Waals surface area contributed by atoms with Crippen LogP contribution in [0.3, 0.4) is 0 Å². The van der Waals surface area contributed by atoms with Gasteiger partial charge in [-0.3, -0.25) is 4.79 Å². The maximum atomic E-state index is 14.0. The van der Waals surface area contributed by atoms with Crippen LogP contribution in [0, 0.1) is 5.82 Å². The Kier molecular flexibility index (Phi) is 3.89. The van der Waals surface area contributed by atoms with E-state index in [1.807, 2.05) is 0 Å². The largest absolute Gasteiger partial charge is 0.484 e. The molecule has 8 heteroatoms. The molecule has 0 radical (unpaired) electrons. The van der Waals surface area contributed by atoms with Crippen molar-refractivity contribution in [3.63, 3.8) is 0 Å². The molecule has 0 aliphatic carbocycles. The molecule has 3 aromatic rings. The second-order valence-electron chi connectivity index (χ2n) is 5.53. The highest BCUT2D eigenvalue weighted by Crippen LogP contribution is 2.37. The maximum absolute atomic E-state index is 14.0. The summed E-state index contributed by atoms with van der Waals surface area (Å²) in [6, 6.07) is 6.26. The van der Waals surface area contributed by atoms with Gasteiger partial charge in [-0.05, 0) is 25.1 Å². The van der Waals surface area contributed by atoms with Gasteiger partial charge in [0.15, 0.2) is 22.4 Å². The fourth-order valence-corrected chi connectivity index (χ4v) is 3.45. The molecule has 0 fully saturated rings. The number of amides is 1. The Labute approximate surface area is 146 Å². The van der Waals surface area contributed by atoms with E-state index in [9.17, 15) is 9.18 Å². The molecule has 1 amide bonds. The molecule has 1 atom stereocenters. The highest BCUT2D eigenvalue weighted by molar-refractivity contribution is 7.16. The third-order valence-corrected chi connectivity index (χ3v) is 4.70. The van der Waals surface area contributed by atoms with Gasteiger partial charge in [0.05, 0.1) is 18.4 Å². The number of thiazole rings is 1. The lowest BCUT2D eigenvalue weighted by molar-refractivity contribution is 0.0963. The summed E-state index contributed by atoms with van der Waals surface area (Å²) in [6.45, 7) is 2.13. The maximum Gasteiger partial charge on any atom is 0.270 e. The fraction of sp³-hybridized carbons (Fsp3) is 0.176. The van der Waals surface area contributed by atoms with E-state index in [2.05, 4.69) is 15.0 Å². The number of carbonyl (C=O) groups is 1. The molecule has 0 spiro atoms. The number of nitrogens with zero attached hydrogens (tertiary/aromatic N) is 4. The Morgan fingerprint density at radius 2 is 2.08 bits per heavy atom. The number of hydrogen-bond donors (Lipinski definition) is 0.